The highest BCUT2D eigenvalue weighted by Gasteiger charge is 2.39. The first kappa shape index (κ1) is 44.5. The van der Waals surface area contributed by atoms with Gasteiger partial charge in [0.1, 0.15) is 22.6 Å². The van der Waals surface area contributed by atoms with E-state index in [1.165, 1.54) is 24.3 Å². The molecule has 8 aromatic carbocycles. The minimum absolute atomic E-state index is 0.0531. The molecule has 330 valence electrons. The third-order valence-corrected chi connectivity index (χ3v) is 10.8. The minimum Gasteiger partial charge on any atom is -0.423 e. The third kappa shape index (κ3) is 9.39. The lowest BCUT2D eigenvalue weighted by atomic mass is 10.0. The van der Waals surface area contributed by atoms with Gasteiger partial charge in [0, 0.05) is 33.5 Å². The molecule has 0 aliphatic carbocycles. The summed E-state index contributed by atoms with van der Waals surface area (Å²) < 4.78 is 88.8. The Bertz CT molecular complexity index is 2960. The number of hydrogen-bond donors (Lipinski definition) is 0. The third-order valence-electron chi connectivity index (χ3n) is 10.8. The zero-order chi connectivity index (χ0) is 46.9. The van der Waals surface area contributed by atoms with Gasteiger partial charge >= 0.3 is 24.3 Å². The Labute approximate surface area is 375 Å². The fraction of sp³-hybridized carbons (Fsp3) is 0.0741. The number of nitrogens with zero attached hydrogens (tertiary/aromatic N) is 2. The predicted octanol–water partition coefficient (Wildman–Crippen LogP) is 15.3. The molecule has 12 heteroatoms. The molecule has 0 aromatic heterocycles. The van der Waals surface area contributed by atoms with Gasteiger partial charge in [-0.3, -0.25) is 0 Å². The van der Waals surface area contributed by atoms with Gasteiger partial charge in [0.25, 0.3) is 0 Å². The summed E-state index contributed by atoms with van der Waals surface area (Å²) in [5, 5.41) is 2.78. The van der Waals surface area contributed by atoms with E-state index < -0.39 is 35.4 Å². The lowest BCUT2D eigenvalue weighted by Crippen LogP contribution is -2.23. The van der Waals surface area contributed by atoms with E-state index in [9.17, 15) is 35.9 Å². The van der Waals surface area contributed by atoms with Crippen LogP contribution in [0.15, 0.2) is 194 Å². The molecule has 0 saturated heterocycles. The first-order valence-electron chi connectivity index (χ1n) is 20.4. The molecule has 66 heavy (non-hydrogen) atoms. The summed E-state index contributed by atoms with van der Waals surface area (Å²) in [7, 11) is 0. The topological polar surface area (TPSA) is 59.1 Å². The molecule has 0 spiro atoms. The Hall–Kier alpha value is -8.12. The number of esters is 2. The molecule has 0 radical (unpaired) electrons. The summed E-state index contributed by atoms with van der Waals surface area (Å²) in [6, 6.07) is 52.5. The Morgan fingerprint density at radius 1 is 0.439 bits per heavy atom. The van der Waals surface area contributed by atoms with Crippen LogP contribution in [0.25, 0.3) is 32.7 Å². The molecule has 0 heterocycles. The van der Waals surface area contributed by atoms with E-state index in [0.29, 0.717) is 10.8 Å². The molecule has 0 atom stereocenters. The van der Waals surface area contributed by atoms with Crippen LogP contribution in [0.5, 0.6) is 11.5 Å². The van der Waals surface area contributed by atoms with E-state index in [-0.39, 0.29) is 11.5 Å². The molecule has 6 nitrogen and oxygen atoms in total. The predicted molar refractivity (Wildman–Crippen MR) is 247 cm³/mol. The molecule has 0 fully saturated rings. The second kappa shape index (κ2) is 17.8. The number of alkyl halides is 6. The van der Waals surface area contributed by atoms with Crippen molar-refractivity contribution in [2.45, 2.75) is 26.2 Å². The van der Waals surface area contributed by atoms with Crippen LogP contribution < -0.4 is 19.3 Å². The largest absolute Gasteiger partial charge is 0.423 e. The monoisotopic (exact) mass is 892 g/mol. The number of fused-ring (bicyclic) bond motifs is 2. The van der Waals surface area contributed by atoms with Crippen molar-refractivity contribution in [2.75, 3.05) is 9.80 Å². The zero-order valence-electron chi connectivity index (χ0n) is 35.4. The van der Waals surface area contributed by atoms with Crippen molar-refractivity contribution in [3.8, 4) is 22.6 Å². The molecule has 0 saturated carbocycles. The number of benzene rings is 8. The van der Waals surface area contributed by atoms with E-state index in [2.05, 4.69) is 23.0 Å². The fourth-order valence-corrected chi connectivity index (χ4v) is 7.57. The fourth-order valence-electron chi connectivity index (χ4n) is 7.57. The number of rotatable bonds is 11. The van der Waals surface area contributed by atoms with Crippen LogP contribution in [-0.4, -0.2) is 24.3 Å². The van der Waals surface area contributed by atoms with Gasteiger partial charge in [-0.25, -0.2) is 9.59 Å². The summed E-state index contributed by atoms with van der Waals surface area (Å²) in [5.41, 5.74) is 5.67. The maximum Gasteiger partial charge on any atom is 0.422 e. The van der Waals surface area contributed by atoms with Crippen molar-refractivity contribution in [1.82, 2.24) is 0 Å². The maximum atomic E-state index is 13.1. The van der Waals surface area contributed by atoms with Crippen LogP contribution in [0, 0.1) is 13.8 Å². The second-order valence-electron chi connectivity index (χ2n) is 15.5. The van der Waals surface area contributed by atoms with E-state index >= 15 is 0 Å². The molecule has 0 unspecified atom stereocenters. The average molecular weight is 893 g/mol. The molecule has 8 aromatic rings. The first-order chi connectivity index (χ1) is 31.4. The Morgan fingerprint density at radius 3 is 1.15 bits per heavy atom. The number of carbonyl (C=O) groups excluding carboxylic acids is 2. The van der Waals surface area contributed by atoms with Crippen molar-refractivity contribution < 1.29 is 45.4 Å². The van der Waals surface area contributed by atoms with Crippen molar-refractivity contribution in [3.05, 3.63) is 205 Å². The highest BCUT2D eigenvalue weighted by molar-refractivity contribution is 6.02. The minimum atomic E-state index is -4.92. The lowest BCUT2D eigenvalue weighted by Gasteiger charge is -2.28. The number of hydrogen-bond acceptors (Lipinski definition) is 6. The lowest BCUT2D eigenvalue weighted by molar-refractivity contribution is -0.143. The van der Waals surface area contributed by atoms with Gasteiger partial charge < -0.3 is 19.3 Å². The SMILES string of the molecule is C=C(C(=O)Oc1ccc2c(N(c3ccc(-c4ccc(N(c5cccc(C)c5)c5cccc6cc(OC(=O)C(=C)C(F)(F)F)ccc56)cc4)cc3)c3cccc(C)c3)cccc2c1)C(F)(F)F. The first-order valence-corrected chi connectivity index (χ1v) is 20.4. The van der Waals surface area contributed by atoms with Crippen molar-refractivity contribution in [3.63, 3.8) is 0 Å². The molecule has 8 rings (SSSR count). The number of anilines is 6. The van der Waals surface area contributed by atoms with E-state index in [1.54, 1.807) is 24.3 Å². The van der Waals surface area contributed by atoms with Gasteiger partial charge in [0.15, 0.2) is 0 Å². The van der Waals surface area contributed by atoms with Gasteiger partial charge in [-0.2, -0.15) is 26.3 Å². The Morgan fingerprint density at radius 2 is 0.803 bits per heavy atom. The summed E-state index contributed by atoms with van der Waals surface area (Å²) in [5.74, 6) is -3.26. The zero-order valence-corrected chi connectivity index (χ0v) is 35.4. The summed E-state index contributed by atoms with van der Waals surface area (Å²) in [4.78, 5) is 28.6. The normalized spacial score (nSPS) is 11.6. The van der Waals surface area contributed by atoms with Gasteiger partial charge in [0.2, 0.25) is 0 Å². The summed E-state index contributed by atoms with van der Waals surface area (Å²) in [6.45, 7) is 9.66. The van der Waals surface area contributed by atoms with Crippen LogP contribution in [0.1, 0.15) is 11.1 Å². The van der Waals surface area contributed by atoms with Gasteiger partial charge in [-0.15, -0.1) is 0 Å². The molecule has 0 aliphatic heterocycles. The summed E-state index contributed by atoms with van der Waals surface area (Å²) in [6.07, 6.45) is -9.84. The van der Waals surface area contributed by atoms with Gasteiger partial charge in [-0.1, -0.05) is 86.0 Å². The Balaban J connectivity index is 1.11. The molecule has 0 aliphatic rings. The molecular weight excluding hydrogens is 855 g/mol. The van der Waals surface area contributed by atoms with Gasteiger partial charge in [0.05, 0.1) is 11.4 Å². The second-order valence-corrected chi connectivity index (χ2v) is 15.5. The van der Waals surface area contributed by atoms with Crippen molar-refractivity contribution in [2.24, 2.45) is 0 Å². The van der Waals surface area contributed by atoms with Crippen molar-refractivity contribution >= 4 is 67.6 Å². The number of aryl methyl sites for hydroxylation is 2. The number of carbonyl (C=O) groups is 2. The molecule has 0 bridgehead atoms. The highest BCUT2D eigenvalue weighted by Crippen LogP contribution is 2.43. The number of ether oxygens (including phenoxy) is 2. The standard InChI is InChI=1S/C54H38F6N2O4/c1-33-9-5-13-43(29-33)61(49-15-7-11-39-31-45(25-27-47(39)49)65-51(63)35(3)53(55,56)57)41-21-17-37(18-22-41)38-19-23-42(24-20-38)62(44-14-6-10-34(2)30-44)50-16-8-12-40-32-46(26-28-48(40)50)66-52(64)36(4)54(58,59)60/h5-32H,3-4H2,1-2H3. The highest BCUT2D eigenvalue weighted by atomic mass is 19.4. The van der Waals surface area contributed by atoms with Crippen LogP contribution >= 0.6 is 0 Å². The van der Waals surface area contributed by atoms with E-state index in [1.807, 2.05) is 135 Å². The smallest absolute Gasteiger partial charge is 0.422 e. The van der Waals surface area contributed by atoms with Crippen molar-refractivity contribution in [1.29, 1.82) is 0 Å². The van der Waals surface area contributed by atoms with Gasteiger partial charge in [-0.05, 0) is 144 Å². The van der Waals surface area contributed by atoms with Crippen LogP contribution in [-0.2, 0) is 9.59 Å². The van der Waals surface area contributed by atoms with E-state index in [0.717, 1.165) is 67.2 Å². The summed E-state index contributed by atoms with van der Waals surface area (Å²) >= 11 is 0. The quantitative estimate of drug-likeness (QED) is 0.0558. The van der Waals surface area contributed by atoms with E-state index in [4.69, 9.17) is 9.47 Å². The van der Waals surface area contributed by atoms with Crippen LogP contribution in [0.3, 0.4) is 0 Å². The molecular formula is C54H38F6N2O4. The average Bonchev–Trinajstić information content (AvgIpc) is 3.28. The van der Waals surface area contributed by atoms with Crippen LogP contribution in [0.4, 0.5) is 60.5 Å². The maximum absolute atomic E-state index is 13.1. The number of halogens is 6. The molecule has 0 amide bonds. The Kier molecular flexibility index (Phi) is 12.0. The van der Waals surface area contributed by atoms with Crippen LogP contribution in [0.2, 0.25) is 0 Å². The molecule has 0 N–H and O–H groups in total.